The summed E-state index contributed by atoms with van der Waals surface area (Å²) in [6.07, 6.45) is 2.56. The van der Waals surface area contributed by atoms with E-state index in [1.54, 1.807) is 25.2 Å². The number of aliphatic imine (C=N–C) groups is 1. The van der Waals surface area contributed by atoms with Crippen molar-refractivity contribution < 1.29 is 9.47 Å². The number of hydrogen-bond donors (Lipinski definition) is 2. The largest absolute Gasteiger partial charge is 0.493 e. The fraction of sp³-hybridized carbons (Fsp3) is 0.550. The number of halogens is 1. The van der Waals surface area contributed by atoms with Gasteiger partial charge in [0.25, 0.3) is 0 Å². The Hall–Kier alpha value is -2.08. The van der Waals surface area contributed by atoms with Crippen molar-refractivity contribution in [2.24, 2.45) is 12.0 Å². The first-order valence-electron chi connectivity index (χ1n) is 9.95. The number of nitrogens with one attached hydrogen (secondary N) is 2. The van der Waals surface area contributed by atoms with Crippen molar-refractivity contribution in [2.75, 3.05) is 40.4 Å². The molecule has 3 rings (SSSR count). The smallest absolute Gasteiger partial charge is 0.191 e. The molecule has 0 radical (unpaired) electrons. The third kappa shape index (κ3) is 6.21. The number of fused-ring (bicyclic) bond motifs is 1. The summed E-state index contributed by atoms with van der Waals surface area (Å²) in [5.41, 5.74) is 2.64. The number of guanidine groups is 1. The van der Waals surface area contributed by atoms with Gasteiger partial charge in [0.05, 0.1) is 14.2 Å². The normalized spacial score (nSPS) is 13.9. The molecule has 10 heteroatoms. The van der Waals surface area contributed by atoms with Gasteiger partial charge >= 0.3 is 0 Å². The highest BCUT2D eigenvalue weighted by molar-refractivity contribution is 14.0. The zero-order valence-electron chi connectivity index (χ0n) is 18.1. The molecule has 0 saturated heterocycles. The van der Waals surface area contributed by atoms with Crippen LogP contribution in [0.25, 0.3) is 0 Å². The van der Waals surface area contributed by atoms with Crippen LogP contribution in [0, 0.1) is 0 Å². The van der Waals surface area contributed by atoms with E-state index in [0.717, 1.165) is 62.4 Å². The predicted octanol–water partition coefficient (Wildman–Crippen LogP) is 1.56. The number of hydrogen-bond acceptors (Lipinski definition) is 6. The van der Waals surface area contributed by atoms with Crippen LogP contribution in [0.4, 0.5) is 0 Å². The molecular formula is C20H32IN7O2. The molecule has 2 aromatic rings. The third-order valence-electron chi connectivity index (χ3n) is 5.05. The van der Waals surface area contributed by atoms with E-state index in [-0.39, 0.29) is 24.0 Å². The molecule has 0 unspecified atom stereocenters. The van der Waals surface area contributed by atoms with E-state index in [2.05, 4.69) is 49.7 Å². The van der Waals surface area contributed by atoms with Gasteiger partial charge in [0.2, 0.25) is 0 Å². The second-order valence-corrected chi connectivity index (χ2v) is 6.92. The quantitative estimate of drug-likeness (QED) is 0.305. The van der Waals surface area contributed by atoms with Gasteiger partial charge in [0, 0.05) is 39.8 Å². The zero-order valence-corrected chi connectivity index (χ0v) is 20.5. The van der Waals surface area contributed by atoms with Gasteiger partial charge in [0.1, 0.15) is 18.7 Å². The fourth-order valence-corrected chi connectivity index (χ4v) is 3.42. The molecule has 0 spiro atoms. The molecule has 166 valence electrons. The van der Waals surface area contributed by atoms with Crippen molar-refractivity contribution in [2.45, 2.75) is 26.4 Å². The summed E-state index contributed by atoms with van der Waals surface area (Å²) < 4.78 is 12.6. The van der Waals surface area contributed by atoms with E-state index in [0.29, 0.717) is 6.54 Å². The van der Waals surface area contributed by atoms with Gasteiger partial charge in [0.15, 0.2) is 17.5 Å². The molecule has 30 heavy (non-hydrogen) atoms. The average Bonchev–Trinajstić information content (AvgIpc) is 3.15. The van der Waals surface area contributed by atoms with E-state index in [1.165, 1.54) is 11.1 Å². The molecule has 0 fully saturated rings. The molecule has 1 aromatic carbocycles. The summed E-state index contributed by atoms with van der Waals surface area (Å²) in [6, 6.07) is 4.20. The van der Waals surface area contributed by atoms with Gasteiger partial charge in [-0.05, 0) is 36.6 Å². The number of aryl methyl sites for hydroxylation is 1. The van der Waals surface area contributed by atoms with Crippen LogP contribution in [0.2, 0.25) is 0 Å². The minimum Gasteiger partial charge on any atom is -0.493 e. The SMILES string of the molecule is CCNC(=NCc1ncnn1C)NCCN1CCc2cc(OC)c(OC)cc2C1.I. The second-order valence-electron chi connectivity index (χ2n) is 6.92. The Bertz CT molecular complexity index is 841. The Morgan fingerprint density at radius 1 is 1.17 bits per heavy atom. The first kappa shape index (κ1) is 24.2. The molecule has 1 aliphatic rings. The van der Waals surface area contributed by atoms with Crippen molar-refractivity contribution in [1.82, 2.24) is 30.3 Å². The van der Waals surface area contributed by atoms with Crippen molar-refractivity contribution in [3.8, 4) is 11.5 Å². The maximum atomic E-state index is 5.45. The number of ether oxygens (including phenoxy) is 2. The molecule has 9 nitrogen and oxygen atoms in total. The van der Waals surface area contributed by atoms with E-state index in [4.69, 9.17) is 9.47 Å². The van der Waals surface area contributed by atoms with E-state index < -0.39 is 0 Å². The first-order valence-corrected chi connectivity index (χ1v) is 9.95. The Balaban J connectivity index is 0.00000320. The number of methoxy groups -OCH3 is 2. The van der Waals surface area contributed by atoms with Crippen LogP contribution in [-0.2, 0) is 26.6 Å². The Morgan fingerprint density at radius 3 is 2.53 bits per heavy atom. The van der Waals surface area contributed by atoms with Gasteiger partial charge in [-0.1, -0.05) is 0 Å². The van der Waals surface area contributed by atoms with Gasteiger partial charge < -0.3 is 20.1 Å². The Labute approximate surface area is 195 Å². The summed E-state index contributed by atoms with van der Waals surface area (Å²) in [5.74, 6) is 3.21. The summed E-state index contributed by atoms with van der Waals surface area (Å²) in [6.45, 7) is 7.03. The molecule has 2 heterocycles. The summed E-state index contributed by atoms with van der Waals surface area (Å²) in [5, 5.41) is 10.8. The van der Waals surface area contributed by atoms with Gasteiger partial charge in [-0.25, -0.2) is 9.98 Å². The van der Waals surface area contributed by atoms with E-state index in [1.807, 2.05) is 7.05 Å². The number of nitrogens with zero attached hydrogens (tertiary/aromatic N) is 5. The molecule has 1 aliphatic heterocycles. The summed E-state index contributed by atoms with van der Waals surface area (Å²) >= 11 is 0. The minimum atomic E-state index is 0. The number of rotatable bonds is 8. The maximum absolute atomic E-state index is 5.45. The van der Waals surface area contributed by atoms with Gasteiger partial charge in [-0.15, -0.1) is 24.0 Å². The molecular weight excluding hydrogens is 497 g/mol. The average molecular weight is 529 g/mol. The predicted molar refractivity (Wildman–Crippen MR) is 128 cm³/mol. The highest BCUT2D eigenvalue weighted by Crippen LogP contribution is 2.33. The van der Waals surface area contributed by atoms with Gasteiger partial charge in [-0.2, -0.15) is 5.10 Å². The Morgan fingerprint density at radius 2 is 1.90 bits per heavy atom. The van der Waals surface area contributed by atoms with Crippen LogP contribution in [0.1, 0.15) is 23.9 Å². The van der Waals surface area contributed by atoms with Crippen LogP contribution in [0.3, 0.4) is 0 Å². The maximum Gasteiger partial charge on any atom is 0.191 e. The van der Waals surface area contributed by atoms with Crippen LogP contribution in [-0.4, -0.2) is 66.0 Å². The monoisotopic (exact) mass is 529 g/mol. The molecule has 2 N–H and O–H groups in total. The lowest BCUT2D eigenvalue weighted by Gasteiger charge is -2.29. The third-order valence-corrected chi connectivity index (χ3v) is 5.05. The molecule has 0 atom stereocenters. The zero-order chi connectivity index (χ0) is 20.6. The molecule has 0 saturated carbocycles. The van der Waals surface area contributed by atoms with Crippen molar-refractivity contribution >= 4 is 29.9 Å². The van der Waals surface area contributed by atoms with Gasteiger partial charge in [-0.3, -0.25) is 9.58 Å². The first-order chi connectivity index (χ1) is 14.1. The highest BCUT2D eigenvalue weighted by atomic mass is 127. The lowest BCUT2D eigenvalue weighted by molar-refractivity contribution is 0.256. The van der Waals surface area contributed by atoms with Crippen LogP contribution >= 0.6 is 24.0 Å². The molecule has 0 bridgehead atoms. The minimum absolute atomic E-state index is 0. The number of benzene rings is 1. The lowest BCUT2D eigenvalue weighted by atomic mass is 9.99. The molecule has 0 amide bonds. The summed E-state index contributed by atoms with van der Waals surface area (Å²) in [4.78, 5) is 11.2. The second kappa shape index (κ2) is 11.9. The van der Waals surface area contributed by atoms with Crippen molar-refractivity contribution in [3.63, 3.8) is 0 Å². The van der Waals surface area contributed by atoms with E-state index >= 15 is 0 Å². The Kier molecular flexibility index (Phi) is 9.63. The number of aromatic nitrogens is 3. The van der Waals surface area contributed by atoms with Crippen LogP contribution in [0.15, 0.2) is 23.5 Å². The molecule has 0 aliphatic carbocycles. The van der Waals surface area contributed by atoms with Crippen molar-refractivity contribution in [1.29, 1.82) is 0 Å². The van der Waals surface area contributed by atoms with Crippen molar-refractivity contribution in [3.05, 3.63) is 35.4 Å². The van der Waals surface area contributed by atoms with E-state index in [9.17, 15) is 0 Å². The lowest BCUT2D eigenvalue weighted by Crippen LogP contribution is -2.42. The molecule has 1 aromatic heterocycles. The topological polar surface area (TPSA) is 88.8 Å². The fourth-order valence-electron chi connectivity index (χ4n) is 3.42. The standard InChI is InChI=1S/C20H31N7O2.HI/c1-5-21-20(23-12-19-24-14-25-26(19)2)22-7-9-27-8-6-15-10-17(28-3)18(29-4)11-16(15)13-27;/h10-11,14H,5-9,12-13H2,1-4H3,(H2,21,22,23);1H. The van der Waals surface area contributed by atoms with Crippen LogP contribution in [0.5, 0.6) is 11.5 Å². The van der Waals surface area contributed by atoms with Crippen LogP contribution < -0.4 is 20.1 Å². The highest BCUT2D eigenvalue weighted by Gasteiger charge is 2.19. The summed E-state index contributed by atoms with van der Waals surface area (Å²) in [7, 11) is 5.23.